The molecule has 5 aromatic rings. The monoisotopic (exact) mass is 489 g/mol. The van der Waals surface area contributed by atoms with E-state index in [4.69, 9.17) is 9.98 Å². The van der Waals surface area contributed by atoms with E-state index in [0.717, 1.165) is 43.6 Å². The fraction of sp³-hybridized carbons (Fsp3) is 0.0345. The number of benzene rings is 5. The summed E-state index contributed by atoms with van der Waals surface area (Å²) in [6, 6.07) is 37.5. The van der Waals surface area contributed by atoms with Crippen molar-refractivity contribution in [3.63, 3.8) is 0 Å². The lowest BCUT2D eigenvalue weighted by atomic mass is 9.95. The molecule has 1 aliphatic heterocycles. The Labute approximate surface area is 200 Å². The first-order valence-corrected chi connectivity index (χ1v) is 11.7. The van der Waals surface area contributed by atoms with E-state index in [-0.39, 0.29) is 6.17 Å². The molecule has 0 saturated heterocycles. The van der Waals surface area contributed by atoms with Crippen LogP contribution >= 0.6 is 15.9 Å². The van der Waals surface area contributed by atoms with Crippen molar-refractivity contribution in [2.45, 2.75) is 6.17 Å². The van der Waals surface area contributed by atoms with E-state index >= 15 is 0 Å². The molecule has 5 aromatic carbocycles. The van der Waals surface area contributed by atoms with Crippen molar-refractivity contribution in [3.8, 4) is 0 Å². The Morgan fingerprint density at radius 1 is 0.515 bits per heavy atom. The maximum atomic E-state index is 5.10. The first-order chi connectivity index (χ1) is 16.3. The third kappa shape index (κ3) is 3.53. The van der Waals surface area contributed by atoms with Crippen LogP contribution < -0.4 is 5.32 Å². The zero-order valence-corrected chi connectivity index (χ0v) is 19.3. The summed E-state index contributed by atoms with van der Waals surface area (Å²) in [6.45, 7) is 0. The molecule has 6 rings (SSSR count). The van der Waals surface area contributed by atoms with Gasteiger partial charge in [0.2, 0.25) is 0 Å². The summed E-state index contributed by atoms with van der Waals surface area (Å²) in [7, 11) is 0. The van der Waals surface area contributed by atoms with Gasteiger partial charge in [0.05, 0.1) is 0 Å². The van der Waals surface area contributed by atoms with Gasteiger partial charge in [-0.05, 0) is 37.5 Å². The molecule has 0 radical (unpaired) electrons. The molecule has 0 bridgehead atoms. The highest BCUT2D eigenvalue weighted by Gasteiger charge is 2.25. The summed E-state index contributed by atoms with van der Waals surface area (Å²) in [6.07, 6.45) is -0.388. The van der Waals surface area contributed by atoms with Crippen LogP contribution in [-0.4, -0.2) is 11.7 Å². The molecule has 0 aliphatic carbocycles. The number of halogens is 1. The molecule has 0 spiro atoms. The van der Waals surface area contributed by atoms with E-state index in [0.29, 0.717) is 0 Å². The number of nitrogens with one attached hydrogen (secondary N) is 1. The van der Waals surface area contributed by atoms with E-state index in [1.165, 1.54) is 10.8 Å². The SMILES string of the molecule is Brc1c(C2N=C(c3ccccc3)NC(c3ccccc3)=N2)c2ccccc2c2ccccc12. The van der Waals surface area contributed by atoms with Crippen LogP contribution in [0.4, 0.5) is 0 Å². The molecule has 0 atom stereocenters. The Bertz CT molecular complexity index is 1480. The average molecular weight is 490 g/mol. The van der Waals surface area contributed by atoms with Gasteiger partial charge < -0.3 is 5.32 Å². The molecule has 0 aromatic heterocycles. The second-order valence-corrected chi connectivity index (χ2v) is 8.80. The topological polar surface area (TPSA) is 36.8 Å². The highest BCUT2D eigenvalue weighted by Crippen LogP contribution is 2.41. The van der Waals surface area contributed by atoms with Crippen molar-refractivity contribution in [2.75, 3.05) is 0 Å². The summed E-state index contributed by atoms with van der Waals surface area (Å²) in [5.41, 5.74) is 3.15. The van der Waals surface area contributed by atoms with E-state index in [2.05, 4.69) is 94.0 Å². The number of nitrogens with zero attached hydrogens (tertiary/aromatic N) is 2. The van der Waals surface area contributed by atoms with E-state index in [1.54, 1.807) is 0 Å². The molecule has 0 unspecified atom stereocenters. The molecular formula is C29H20BrN3. The van der Waals surface area contributed by atoms with E-state index in [1.807, 2.05) is 36.4 Å². The zero-order valence-electron chi connectivity index (χ0n) is 17.7. The highest BCUT2D eigenvalue weighted by atomic mass is 79.9. The van der Waals surface area contributed by atoms with E-state index in [9.17, 15) is 0 Å². The normalized spacial score (nSPS) is 14.1. The van der Waals surface area contributed by atoms with Crippen LogP contribution in [0.3, 0.4) is 0 Å². The van der Waals surface area contributed by atoms with Crippen LogP contribution in [0, 0.1) is 0 Å². The largest absolute Gasteiger partial charge is 0.324 e. The maximum absolute atomic E-state index is 5.10. The Morgan fingerprint density at radius 3 is 1.48 bits per heavy atom. The van der Waals surface area contributed by atoms with Gasteiger partial charge in [-0.15, -0.1) is 0 Å². The zero-order chi connectivity index (χ0) is 22.2. The molecule has 4 heteroatoms. The van der Waals surface area contributed by atoms with Crippen molar-refractivity contribution in [2.24, 2.45) is 9.98 Å². The molecular weight excluding hydrogens is 470 g/mol. The fourth-order valence-corrected chi connectivity index (χ4v) is 5.21. The summed E-state index contributed by atoms with van der Waals surface area (Å²) in [5, 5.41) is 8.22. The van der Waals surface area contributed by atoms with Crippen molar-refractivity contribution in [3.05, 3.63) is 130 Å². The minimum absolute atomic E-state index is 0.388. The number of fused-ring (bicyclic) bond motifs is 3. The molecule has 0 amide bonds. The maximum Gasteiger partial charge on any atom is 0.171 e. The minimum atomic E-state index is -0.388. The van der Waals surface area contributed by atoms with Gasteiger partial charge in [0.25, 0.3) is 0 Å². The van der Waals surface area contributed by atoms with Crippen LogP contribution in [0.25, 0.3) is 21.5 Å². The Kier molecular flexibility index (Phi) is 5.00. The second-order valence-electron chi connectivity index (χ2n) is 8.00. The lowest BCUT2D eigenvalue weighted by Gasteiger charge is -2.24. The van der Waals surface area contributed by atoms with Gasteiger partial charge in [0, 0.05) is 21.2 Å². The van der Waals surface area contributed by atoms with Crippen LogP contribution in [0.2, 0.25) is 0 Å². The van der Waals surface area contributed by atoms with Gasteiger partial charge in [-0.25, -0.2) is 9.98 Å². The van der Waals surface area contributed by atoms with Crippen LogP contribution in [0.5, 0.6) is 0 Å². The van der Waals surface area contributed by atoms with Crippen molar-refractivity contribution < 1.29 is 0 Å². The highest BCUT2D eigenvalue weighted by molar-refractivity contribution is 9.10. The predicted molar refractivity (Wildman–Crippen MR) is 141 cm³/mol. The van der Waals surface area contributed by atoms with Crippen molar-refractivity contribution >= 4 is 49.1 Å². The molecule has 1 heterocycles. The Hall–Kier alpha value is -3.76. The van der Waals surface area contributed by atoms with Gasteiger partial charge in [-0.2, -0.15) is 0 Å². The van der Waals surface area contributed by atoms with E-state index < -0.39 is 0 Å². The average Bonchev–Trinajstić information content (AvgIpc) is 2.90. The Morgan fingerprint density at radius 2 is 0.939 bits per heavy atom. The molecule has 0 saturated carbocycles. The smallest absolute Gasteiger partial charge is 0.171 e. The van der Waals surface area contributed by atoms with Gasteiger partial charge in [0.1, 0.15) is 11.7 Å². The summed E-state index contributed by atoms with van der Waals surface area (Å²) in [5.74, 6) is 1.64. The first kappa shape index (κ1) is 19.9. The fourth-order valence-electron chi connectivity index (χ4n) is 4.44. The van der Waals surface area contributed by atoms with Crippen molar-refractivity contribution in [1.82, 2.24) is 5.32 Å². The third-order valence-corrected chi connectivity index (χ3v) is 6.85. The predicted octanol–water partition coefficient (Wildman–Crippen LogP) is 7.25. The summed E-state index contributed by atoms with van der Waals surface area (Å²) in [4.78, 5) is 10.2. The molecule has 158 valence electrons. The molecule has 0 fully saturated rings. The number of aliphatic imine (C=N–C) groups is 2. The second kappa shape index (κ2) is 8.30. The Balaban J connectivity index is 1.63. The standard InChI is InChI=1S/C29H20BrN3/c30-26-24-18-10-8-16-22(24)21-15-7-9-17-23(21)25(26)29-32-27(19-11-3-1-4-12-19)31-28(33-29)20-13-5-2-6-14-20/h1-18,29H,(H,31,32,33). The molecule has 3 nitrogen and oxygen atoms in total. The van der Waals surface area contributed by atoms with Crippen molar-refractivity contribution in [1.29, 1.82) is 0 Å². The number of hydrogen-bond donors (Lipinski definition) is 1. The third-order valence-electron chi connectivity index (χ3n) is 6.00. The summed E-state index contributed by atoms with van der Waals surface area (Å²) < 4.78 is 1.04. The van der Waals surface area contributed by atoms with Gasteiger partial charge >= 0.3 is 0 Å². The first-order valence-electron chi connectivity index (χ1n) is 10.9. The van der Waals surface area contributed by atoms with Gasteiger partial charge in [-0.1, -0.05) is 109 Å². The van der Waals surface area contributed by atoms with Gasteiger partial charge in [0.15, 0.2) is 6.17 Å². The quantitative estimate of drug-likeness (QED) is 0.266. The minimum Gasteiger partial charge on any atom is -0.324 e. The van der Waals surface area contributed by atoms with Crippen LogP contribution in [-0.2, 0) is 0 Å². The number of amidine groups is 2. The molecule has 1 aliphatic rings. The lowest BCUT2D eigenvalue weighted by Crippen LogP contribution is -2.36. The number of rotatable bonds is 3. The van der Waals surface area contributed by atoms with Gasteiger partial charge in [-0.3, -0.25) is 0 Å². The lowest BCUT2D eigenvalue weighted by molar-refractivity contribution is 0.760. The molecule has 33 heavy (non-hydrogen) atoms. The number of hydrogen-bond acceptors (Lipinski definition) is 3. The summed E-state index contributed by atoms with van der Waals surface area (Å²) >= 11 is 3.93. The van der Waals surface area contributed by atoms with Crippen LogP contribution in [0.1, 0.15) is 22.9 Å². The molecule has 1 N–H and O–H groups in total. The van der Waals surface area contributed by atoms with Crippen LogP contribution in [0.15, 0.2) is 124 Å².